The van der Waals surface area contributed by atoms with Gasteiger partial charge in [-0.2, -0.15) is 0 Å². The maximum atomic E-state index is 13.0. The lowest BCUT2D eigenvalue weighted by molar-refractivity contribution is 0.00585. The lowest BCUT2D eigenvalue weighted by Crippen LogP contribution is -2.55. The molecule has 2 aliphatic rings. The molecule has 8 nitrogen and oxygen atoms in total. The van der Waals surface area contributed by atoms with Crippen molar-refractivity contribution < 1.29 is 14.3 Å². The van der Waals surface area contributed by atoms with Crippen LogP contribution in [0.25, 0.3) is 11.0 Å². The third kappa shape index (κ3) is 4.60. The molecule has 2 aromatic carbocycles. The van der Waals surface area contributed by atoms with Crippen LogP contribution in [0.5, 0.6) is 5.75 Å². The number of nitrogens with one attached hydrogen (secondary N) is 1. The summed E-state index contributed by atoms with van der Waals surface area (Å²) in [6.07, 6.45) is 2.45. The molecule has 0 aliphatic carbocycles. The van der Waals surface area contributed by atoms with Gasteiger partial charge in [0, 0.05) is 39.7 Å². The number of fused-ring (bicyclic) bond motifs is 2. The first kappa shape index (κ1) is 23.6. The molecule has 1 saturated heterocycles. The molecule has 0 radical (unpaired) electrons. The summed E-state index contributed by atoms with van der Waals surface area (Å²) >= 11 is 0. The summed E-state index contributed by atoms with van der Waals surface area (Å²) in [7, 11) is 1.70. The van der Waals surface area contributed by atoms with Gasteiger partial charge in [0.15, 0.2) is 0 Å². The van der Waals surface area contributed by atoms with Crippen LogP contribution in [-0.2, 0) is 24.2 Å². The van der Waals surface area contributed by atoms with Crippen molar-refractivity contribution in [2.75, 3.05) is 33.4 Å². The van der Waals surface area contributed by atoms with Crippen LogP contribution in [0.4, 0.5) is 0 Å². The number of carbonyl (C=O) groups excluding carboxylic acids is 1. The Kier molecular flexibility index (Phi) is 6.92. The molecule has 1 amide bonds. The summed E-state index contributed by atoms with van der Waals surface area (Å²) in [5.74, 6) is 0.618. The molecule has 186 valence electrons. The summed E-state index contributed by atoms with van der Waals surface area (Å²) < 4.78 is 15.2. The molecule has 3 aromatic rings. The molecular weight excluding hydrogens is 444 g/mol. The molecule has 5 rings (SSSR count). The number of benzene rings is 2. The van der Waals surface area contributed by atoms with Crippen LogP contribution in [0, 0.1) is 0 Å². The normalized spacial score (nSPS) is 20.1. The number of nitrogens with zero attached hydrogens (tertiary/aromatic N) is 3. The fraction of sp³-hybridized carbons (Fsp3) is 0.481. The number of ether oxygens (including phenoxy) is 2. The Labute approximate surface area is 205 Å². The van der Waals surface area contributed by atoms with Crippen LogP contribution in [0.2, 0.25) is 0 Å². The molecular formula is C27H34N4O4. The zero-order chi connectivity index (χ0) is 24.4. The second-order valence-electron chi connectivity index (χ2n) is 9.36. The molecule has 0 bridgehead atoms. The standard InChI is InChI=1S/C27H34N4O4/c1-3-30-22-10-4-5-11-23(22)31(27(30)33)15-7-14-29-16-12-21(24(18-29)34-2)28-26(32)20-9-6-8-19-13-17-35-25(19)20/h4-6,8-11,21,24H,3,7,12-18H2,1-2H3,(H,28,32). The molecule has 0 spiro atoms. The number of likely N-dealkylation sites (tertiary alicyclic amines) is 1. The van der Waals surface area contributed by atoms with Crippen molar-refractivity contribution in [2.45, 2.75) is 51.4 Å². The van der Waals surface area contributed by atoms with Gasteiger partial charge in [0.1, 0.15) is 5.75 Å². The second kappa shape index (κ2) is 10.3. The molecule has 0 saturated carbocycles. The van der Waals surface area contributed by atoms with Gasteiger partial charge in [-0.1, -0.05) is 24.3 Å². The largest absolute Gasteiger partial charge is 0.492 e. The van der Waals surface area contributed by atoms with Gasteiger partial charge in [-0.25, -0.2) is 4.79 Å². The van der Waals surface area contributed by atoms with Crippen molar-refractivity contribution in [3.8, 4) is 5.75 Å². The highest BCUT2D eigenvalue weighted by Gasteiger charge is 2.31. The predicted molar refractivity (Wildman–Crippen MR) is 135 cm³/mol. The highest BCUT2D eigenvalue weighted by Crippen LogP contribution is 2.29. The first-order chi connectivity index (χ1) is 17.1. The van der Waals surface area contributed by atoms with E-state index in [0.29, 0.717) is 25.3 Å². The highest BCUT2D eigenvalue weighted by atomic mass is 16.5. The van der Waals surface area contributed by atoms with E-state index in [9.17, 15) is 9.59 Å². The van der Waals surface area contributed by atoms with Crippen molar-refractivity contribution in [1.82, 2.24) is 19.4 Å². The van der Waals surface area contributed by atoms with Crippen LogP contribution in [-0.4, -0.2) is 65.4 Å². The molecule has 2 aliphatic heterocycles. The van der Waals surface area contributed by atoms with Crippen LogP contribution in [0.15, 0.2) is 47.3 Å². The van der Waals surface area contributed by atoms with Gasteiger partial charge in [0.05, 0.1) is 35.3 Å². The number of carbonyl (C=O) groups is 1. The summed E-state index contributed by atoms with van der Waals surface area (Å²) in [5, 5.41) is 3.19. The van der Waals surface area contributed by atoms with Gasteiger partial charge >= 0.3 is 5.69 Å². The van der Waals surface area contributed by atoms with E-state index in [1.54, 1.807) is 7.11 Å². The van der Waals surface area contributed by atoms with E-state index >= 15 is 0 Å². The summed E-state index contributed by atoms with van der Waals surface area (Å²) in [4.78, 5) is 28.3. The topological polar surface area (TPSA) is 77.7 Å². The second-order valence-corrected chi connectivity index (χ2v) is 9.36. The number of hydrogen-bond acceptors (Lipinski definition) is 5. The molecule has 1 aromatic heterocycles. The zero-order valence-corrected chi connectivity index (χ0v) is 20.5. The van der Waals surface area contributed by atoms with Crippen LogP contribution in [0.3, 0.4) is 0 Å². The molecule has 35 heavy (non-hydrogen) atoms. The van der Waals surface area contributed by atoms with Crippen LogP contribution >= 0.6 is 0 Å². The predicted octanol–water partition coefficient (Wildman–Crippen LogP) is 2.67. The summed E-state index contributed by atoms with van der Waals surface area (Å²) in [6.45, 7) is 6.47. The maximum Gasteiger partial charge on any atom is 0.329 e. The number of rotatable bonds is 8. The van der Waals surface area contributed by atoms with Crippen molar-refractivity contribution in [3.05, 3.63) is 64.1 Å². The molecule has 1 N–H and O–H groups in total. The smallest absolute Gasteiger partial charge is 0.329 e. The number of imidazole rings is 1. The number of aromatic nitrogens is 2. The number of para-hydroxylation sites is 3. The Morgan fingerprint density at radius 3 is 2.69 bits per heavy atom. The maximum absolute atomic E-state index is 13.0. The van der Waals surface area contributed by atoms with Crippen LogP contribution in [0.1, 0.15) is 35.7 Å². The van der Waals surface area contributed by atoms with Crippen molar-refractivity contribution in [3.63, 3.8) is 0 Å². The quantitative estimate of drug-likeness (QED) is 0.539. The van der Waals surface area contributed by atoms with E-state index < -0.39 is 0 Å². The van der Waals surface area contributed by atoms with Crippen molar-refractivity contribution >= 4 is 16.9 Å². The fourth-order valence-corrected chi connectivity index (χ4v) is 5.47. The van der Waals surface area contributed by atoms with E-state index in [0.717, 1.165) is 61.2 Å². The van der Waals surface area contributed by atoms with Crippen molar-refractivity contribution in [1.29, 1.82) is 0 Å². The first-order valence-electron chi connectivity index (χ1n) is 12.6. The number of hydrogen-bond donors (Lipinski definition) is 1. The minimum atomic E-state index is -0.101. The molecule has 2 unspecified atom stereocenters. The Balaban J connectivity index is 1.18. The number of amides is 1. The SMILES string of the molecule is CCn1c(=O)n(CCCN2CCC(NC(=O)c3cccc4c3OCC4)C(OC)C2)c2ccccc21. The summed E-state index contributed by atoms with van der Waals surface area (Å²) in [6, 6.07) is 13.7. The zero-order valence-electron chi connectivity index (χ0n) is 20.5. The van der Waals surface area contributed by atoms with Gasteiger partial charge in [0.2, 0.25) is 0 Å². The average molecular weight is 479 g/mol. The molecule has 8 heteroatoms. The van der Waals surface area contributed by atoms with Gasteiger partial charge in [0.25, 0.3) is 5.91 Å². The Bertz CT molecular complexity index is 1260. The number of methoxy groups -OCH3 is 1. The Hall–Kier alpha value is -3.10. The van der Waals surface area contributed by atoms with Crippen LogP contribution < -0.4 is 15.7 Å². The minimum Gasteiger partial charge on any atom is -0.492 e. The third-order valence-corrected chi connectivity index (χ3v) is 7.32. The minimum absolute atomic E-state index is 0.0499. The molecule has 1 fully saturated rings. The van der Waals surface area contributed by atoms with E-state index in [4.69, 9.17) is 9.47 Å². The van der Waals surface area contributed by atoms with Gasteiger partial charge in [-0.05, 0) is 50.1 Å². The van der Waals surface area contributed by atoms with E-state index in [2.05, 4.69) is 10.2 Å². The first-order valence-corrected chi connectivity index (χ1v) is 12.6. The van der Waals surface area contributed by atoms with Crippen molar-refractivity contribution in [2.24, 2.45) is 0 Å². The average Bonchev–Trinajstić information content (AvgIpc) is 3.47. The fourth-order valence-electron chi connectivity index (χ4n) is 5.47. The van der Waals surface area contributed by atoms with E-state index in [1.165, 1.54) is 0 Å². The summed E-state index contributed by atoms with van der Waals surface area (Å²) in [5.41, 5.74) is 3.74. The lowest BCUT2D eigenvalue weighted by atomic mass is 10.00. The van der Waals surface area contributed by atoms with E-state index in [1.807, 2.05) is 58.5 Å². The monoisotopic (exact) mass is 478 g/mol. The van der Waals surface area contributed by atoms with Gasteiger partial charge < -0.3 is 19.7 Å². The third-order valence-electron chi connectivity index (χ3n) is 7.32. The Morgan fingerprint density at radius 2 is 1.91 bits per heavy atom. The lowest BCUT2D eigenvalue weighted by Gasteiger charge is -2.38. The molecule has 3 heterocycles. The van der Waals surface area contributed by atoms with Gasteiger partial charge in [-0.3, -0.25) is 13.9 Å². The molecule has 2 atom stereocenters. The number of aryl methyl sites for hydroxylation is 2. The highest BCUT2D eigenvalue weighted by molar-refractivity contribution is 5.97. The Morgan fingerprint density at radius 1 is 1.11 bits per heavy atom. The number of piperidine rings is 1. The van der Waals surface area contributed by atoms with Gasteiger partial charge in [-0.15, -0.1) is 0 Å². The van der Waals surface area contributed by atoms with E-state index in [-0.39, 0.29) is 23.7 Å².